The summed E-state index contributed by atoms with van der Waals surface area (Å²) in [6.45, 7) is 3.92. The van der Waals surface area contributed by atoms with Gasteiger partial charge in [0, 0.05) is 29.6 Å². The van der Waals surface area contributed by atoms with Crippen molar-refractivity contribution in [3.8, 4) is 0 Å². The van der Waals surface area contributed by atoms with Crippen LogP contribution in [0, 0.1) is 0 Å². The van der Waals surface area contributed by atoms with Crippen molar-refractivity contribution in [2.45, 2.75) is 31.7 Å². The summed E-state index contributed by atoms with van der Waals surface area (Å²) < 4.78 is 24.8. The molecule has 9 heteroatoms. The van der Waals surface area contributed by atoms with Gasteiger partial charge in [-0.15, -0.1) is 0 Å². The van der Waals surface area contributed by atoms with Crippen molar-refractivity contribution in [1.82, 2.24) is 4.57 Å². The molecule has 22 heavy (non-hydrogen) atoms. The first-order valence-electron chi connectivity index (χ1n) is 6.70. The normalized spacial score (nSPS) is 13.5. The highest BCUT2D eigenvalue weighted by Gasteiger charge is 2.43. The van der Waals surface area contributed by atoms with E-state index in [2.05, 4.69) is 0 Å². The Kier molecular flexibility index (Phi) is 4.69. The molecule has 0 saturated carbocycles. The number of para-hydroxylation sites is 1. The summed E-state index contributed by atoms with van der Waals surface area (Å²) in [5.41, 5.74) is 1.38. The standard InChI is InChI=1S/C13H19NO6P2/c1-9(2)14-8-10(11-5-3-4-6-12(11)14)7-13(21(15,16)17)22(18,19)20/h3-6,8-9,13H,7H2,1-2H3,(H2,15,16,17)(H2,18,19,20). The van der Waals surface area contributed by atoms with Gasteiger partial charge in [-0.3, -0.25) is 9.13 Å². The van der Waals surface area contributed by atoms with Gasteiger partial charge in [0.1, 0.15) is 0 Å². The highest BCUT2D eigenvalue weighted by Crippen LogP contribution is 2.61. The van der Waals surface area contributed by atoms with Gasteiger partial charge in [0.15, 0.2) is 5.40 Å². The number of fused-ring (bicyclic) bond motifs is 1. The quantitative estimate of drug-likeness (QED) is 0.617. The second-order valence-electron chi connectivity index (χ2n) is 5.54. The maximum atomic E-state index is 11.5. The van der Waals surface area contributed by atoms with Gasteiger partial charge in [-0.1, -0.05) is 18.2 Å². The second kappa shape index (κ2) is 5.93. The van der Waals surface area contributed by atoms with Crippen LogP contribution in [-0.4, -0.2) is 29.5 Å². The Bertz CT molecular complexity index is 750. The lowest BCUT2D eigenvalue weighted by Crippen LogP contribution is -2.12. The van der Waals surface area contributed by atoms with E-state index in [9.17, 15) is 28.7 Å². The lowest BCUT2D eigenvalue weighted by atomic mass is 10.1. The van der Waals surface area contributed by atoms with Crippen molar-refractivity contribution in [1.29, 1.82) is 0 Å². The molecule has 1 heterocycles. The van der Waals surface area contributed by atoms with Gasteiger partial charge in [0.2, 0.25) is 0 Å². The van der Waals surface area contributed by atoms with Crippen molar-refractivity contribution in [3.05, 3.63) is 36.0 Å². The van der Waals surface area contributed by atoms with Gasteiger partial charge in [-0.05, 0) is 25.5 Å². The van der Waals surface area contributed by atoms with Crippen LogP contribution in [0.3, 0.4) is 0 Å². The SMILES string of the molecule is CC(C)n1cc(CC(P(=O)(O)O)P(=O)(O)O)c2ccccc21. The Morgan fingerprint density at radius 3 is 2.09 bits per heavy atom. The van der Waals surface area contributed by atoms with Crippen LogP contribution in [0.5, 0.6) is 0 Å². The van der Waals surface area contributed by atoms with Gasteiger partial charge >= 0.3 is 15.2 Å². The van der Waals surface area contributed by atoms with Crippen LogP contribution in [0.1, 0.15) is 25.5 Å². The molecule has 0 atom stereocenters. The topological polar surface area (TPSA) is 120 Å². The molecule has 4 N–H and O–H groups in total. The molecular formula is C13H19NO6P2. The van der Waals surface area contributed by atoms with E-state index in [1.54, 1.807) is 18.3 Å². The predicted octanol–water partition coefficient (Wildman–Crippen LogP) is 2.45. The maximum Gasteiger partial charge on any atom is 0.341 e. The summed E-state index contributed by atoms with van der Waals surface area (Å²) in [6, 6.07) is 7.37. The maximum absolute atomic E-state index is 11.5. The minimum Gasteiger partial charge on any atom is -0.345 e. The number of hydrogen-bond acceptors (Lipinski definition) is 2. The minimum absolute atomic E-state index is 0.113. The van der Waals surface area contributed by atoms with Crippen LogP contribution in [0.2, 0.25) is 0 Å². The molecule has 0 saturated heterocycles. The van der Waals surface area contributed by atoms with E-state index in [-0.39, 0.29) is 12.5 Å². The Labute approximate surface area is 127 Å². The molecule has 1 aromatic heterocycles. The van der Waals surface area contributed by atoms with E-state index in [1.165, 1.54) is 0 Å². The Morgan fingerprint density at radius 1 is 1.05 bits per heavy atom. The molecule has 0 unspecified atom stereocenters. The third-order valence-corrected chi connectivity index (χ3v) is 7.28. The molecule has 122 valence electrons. The highest BCUT2D eigenvalue weighted by atomic mass is 31.2. The number of benzene rings is 1. The number of aromatic nitrogens is 1. The third-order valence-electron chi connectivity index (χ3n) is 3.56. The fourth-order valence-electron chi connectivity index (χ4n) is 2.50. The summed E-state index contributed by atoms with van der Waals surface area (Å²) in [7, 11) is -9.86. The van der Waals surface area contributed by atoms with Crippen LogP contribution in [0.15, 0.2) is 30.5 Å². The fraction of sp³-hybridized carbons (Fsp3) is 0.385. The summed E-state index contributed by atoms with van der Waals surface area (Å²) in [6.07, 6.45) is 1.32. The molecule has 0 aliphatic carbocycles. The van der Waals surface area contributed by atoms with Crippen molar-refractivity contribution in [2.75, 3.05) is 0 Å². The number of rotatable bonds is 5. The molecule has 0 aliphatic rings. The van der Waals surface area contributed by atoms with Crippen molar-refractivity contribution in [3.63, 3.8) is 0 Å². The minimum atomic E-state index is -4.93. The van der Waals surface area contributed by atoms with Gasteiger partial charge in [-0.2, -0.15) is 0 Å². The largest absolute Gasteiger partial charge is 0.345 e. The number of hydrogen-bond donors (Lipinski definition) is 4. The second-order valence-corrected chi connectivity index (χ2v) is 9.55. The van der Waals surface area contributed by atoms with Gasteiger partial charge < -0.3 is 24.1 Å². The van der Waals surface area contributed by atoms with Crippen molar-refractivity contribution >= 4 is 26.1 Å². The molecular weight excluding hydrogens is 328 g/mol. The van der Waals surface area contributed by atoms with E-state index in [4.69, 9.17) is 0 Å². The van der Waals surface area contributed by atoms with E-state index in [1.807, 2.05) is 30.5 Å². The lowest BCUT2D eigenvalue weighted by molar-refractivity contribution is 0.338. The molecule has 0 spiro atoms. The zero-order valence-corrected chi connectivity index (χ0v) is 14.0. The molecule has 7 nitrogen and oxygen atoms in total. The summed E-state index contributed by atoms with van der Waals surface area (Å²) in [5.74, 6) is 0. The van der Waals surface area contributed by atoms with Crippen molar-refractivity contribution in [2.24, 2.45) is 0 Å². The monoisotopic (exact) mass is 347 g/mol. The first-order chi connectivity index (χ1) is 10.0. The van der Waals surface area contributed by atoms with Gasteiger partial charge in [0.05, 0.1) is 0 Å². The fourth-order valence-corrected chi connectivity index (χ4v) is 4.93. The molecule has 0 fully saturated rings. The van der Waals surface area contributed by atoms with E-state index in [0.29, 0.717) is 5.56 Å². The zero-order valence-electron chi connectivity index (χ0n) is 12.2. The Hall–Kier alpha value is -0.940. The van der Waals surface area contributed by atoms with Crippen molar-refractivity contribution < 1.29 is 28.7 Å². The van der Waals surface area contributed by atoms with E-state index < -0.39 is 20.6 Å². The summed E-state index contributed by atoms with van der Waals surface area (Å²) >= 11 is 0. The van der Waals surface area contributed by atoms with Crippen LogP contribution in [-0.2, 0) is 15.6 Å². The van der Waals surface area contributed by atoms with Crippen LogP contribution in [0.25, 0.3) is 10.9 Å². The first kappa shape index (κ1) is 17.4. The molecule has 0 bridgehead atoms. The summed E-state index contributed by atoms with van der Waals surface area (Å²) in [5, 5.41) is -1.28. The molecule has 2 aromatic rings. The average Bonchev–Trinajstić information content (AvgIpc) is 2.72. The predicted molar refractivity (Wildman–Crippen MR) is 83.9 cm³/mol. The first-order valence-corrected chi connectivity index (χ1v) is 10.1. The van der Waals surface area contributed by atoms with Gasteiger partial charge in [-0.25, -0.2) is 0 Å². The lowest BCUT2D eigenvalue weighted by Gasteiger charge is -2.19. The molecule has 0 radical (unpaired) electrons. The summed E-state index contributed by atoms with van der Waals surface area (Å²) in [4.78, 5) is 37.1. The molecule has 0 amide bonds. The van der Waals surface area contributed by atoms with Gasteiger partial charge in [0.25, 0.3) is 0 Å². The van der Waals surface area contributed by atoms with Crippen LogP contribution in [0.4, 0.5) is 0 Å². The highest BCUT2D eigenvalue weighted by molar-refractivity contribution is 7.70. The van der Waals surface area contributed by atoms with E-state index >= 15 is 0 Å². The van der Waals surface area contributed by atoms with E-state index in [0.717, 1.165) is 10.9 Å². The molecule has 1 aromatic carbocycles. The molecule has 0 aliphatic heterocycles. The molecule has 2 rings (SSSR count). The van der Waals surface area contributed by atoms with Crippen LogP contribution >= 0.6 is 15.2 Å². The Balaban J connectivity index is 2.56. The zero-order chi connectivity index (χ0) is 16.7. The van der Waals surface area contributed by atoms with Crippen LogP contribution < -0.4 is 0 Å². The Morgan fingerprint density at radius 2 is 1.59 bits per heavy atom. The third kappa shape index (κ3) is 3.51. The smallest absolute Gasteiger partial charge is 0.341 e. The number of nitrogens with zero attached hydrogens (tertiary/aromatic N) is 1. The average molecular weight is 347 g/mol.